The van der Waals surface area contributed by atoms with Gasteiger partial charge in [0, 0.05) is 0 Å². The van der Waals surface area contributed by atoms with Crippen molar-refractivity contribution in [2.45, 2.75) is 26.8 Å². The maximum Gasteiger partial charge on any atom is 0.263 e. The number of fused-ring (bicyclic) bond motifs is 1. The quantitative estimate of drug-likeness (QED) is 0.759. The number of rotatable bonds is 3. The lowest BCUT2D eigenvalue weighted by Gasteiger charge is -2.09. The second-order valence-corrected chi connectivity index (χ2v) is 4.13. The number of aromatic nitrogens is 1. The fourth-order valence-corrected chi connectivity index (χ4v) is 1.56. The molecule has 0 saturated heterocycles. The number of hydrogen-bond donors (Lipinski definition) is 1. The Balaban J connectivity index is 2.06. The van der Waals surface area contributed by atoms with Crippen molar-refractivity contribution in [3.63, 3.8) is 0 Å². The molecule has 2 N–H and O–H groups in total. The largest absolute Gasteiger partial charge is 0.475 e. The van der Waals surface area contributed by atoms with Crippen LogP contribution in [0.3, 0.4) is 0 Å². The predicted molar refractivity (Wildman–Crippen MR) is 51.0 cm³/mol. The number of hydrogen-bond acceptors (Lipinski definition) is 3. The van der Waals surface area contributed by atoms with E-state index in [0.29, 0.717) is 18.4 Å². The molecule has 2 heterocycles. The molecule has 0 saturated carbocycles. The van der Waals surface area contributed by atoms with Crippen molar-refractivity contribution in [1.29, 1.82) is 0 Å². The van der Waals surface area contributed by atoms with Gasteiger partial charge in [-0.1, -0.05) is 13.8 Å². The van der Waals surface area contributed by atoms with Gasteiger partial charge in [-0.2, -0.15) is 0 Å². The Hall–Kier alpha value is -1.03. The van der Waals surface area contributed by atoms with Crippen molar-refractivity contribution in [1.82, 2.24) is 5.16 Å². The van der Waals surface area contributed by atoms with Gasteiger partial charge >= 0.3 is 0 Å². The van der Waals surface area contributed by atoms with Gasteiger partial charge in [0.15, 0.2) is 5.76 Å². The van der Waals surface area contributed by atoms with E-state index in [1.807, 2.05) is 0 Å². The molecular weight excluding hydrogens is 180 g/mol. The number of nitrogens with zero attached hydrogens (tertiary/aromatic N) is 1. The predicted octanol–water partition coefficient (Wildman–Crippen LogP) is 0.329. The fraction of sp³-hybridized carbons (Fsp3) is 0.700. The van der Waals surface area contributed by atoms with Crippen LogP contribution in [0.2, 0.25) is 0 Å². The Morgan fingerprint density at radius 1 is 1.57 bits per heavy atom. The van der Waals surface area contributed by atoms with Crippen molar-refractivity contribution in [2.24, 2.45) is 5.92 Å². The maximum absolute atomic E-state index is 5.58. The summed E-state index contributed by atoms with van der Waals surface area (Å²) < 4.78 is 10.8. The van der Waals surface area contributed by atoms with Crippen LogP contribution in [0.15, 0.2) is 4.52 Å². The third-order valence-electron chi connectivity index (χ3n) is 2.31. The molecule has 1 aromatic heterocycles. The lowest BCUT2D eigenvalue weighted by Crippen LogP contribution is -2.84. The van der Waals surface area contributed by atoms with E-state index in [4.69, 9.17) is 9.26 Å². The molecular formula is C10H17N2O2+. The summed E-state index contributed by atoms with van der Waals surface area (Å²) in [5, 5.41) is 6.20. The zero-order valence-corrected chi connectivity index (χ0v) is 8.75. The average molecular weight is 197 g/mol. The molecule has 2 rings (SSSR count). The lowest BCUT2D eigenvalue weighted by molar-refractivity contribution is -0.673. The molecule has 4 heteroatoms. The molecule has 4 nitrogen and oxygen atoms in total. The molecule has 0 unspecified atom stereocenters. The lowest BCUT2D eigenvalue weighted by atomic mass is 10.1. The molecule has 0 aliphatic carbocycles. The van der Waals surface area contributed by atoms with E-state index in [9.17, 15) is 0 Å². The Kier molecular flexibility index (Phi) is 2.72. The molecule has 0 spiro atoms. The summed E-state index contributed by atoms with van der Waals surface area (Å²) in [5.41, 5.74) is 1.15. The van der Waals surface area contributed by atoms with Crippen LogP contribution in [0.4, 0.5) is 0 Å². The smallest absolute Gasteiger partial charge is 0.263 e. The van der Waals surface area contributed by atoms with E-state index < -0.39 is 0 Å². The van der Waals surface area contributed by atoms with Gasteiger partial charge in [-0.05, 0) is 11.1 Å². The second kappa shape index (κ2) is 4.00. The molecule has 0 bridgehead atoms. The first-order valence-corrected chi connectivity index (χ1v) is 5.19. The highest BCUT2D eigenvalue weighted by Crippen LogP contribution is 2.22. The summed E-state index contributed by atoms with van der Waals surface area (Å²) >= 11 is 0. The molecule has 0 fully saturated rings. The SMILES string of the molecule is CC(C)COc1noc2c1C[NH2+]CC2. The fourth-order valence-electron chi connectivity index (χ4n) is 1.56. The maximum atomic E-state index is 5.58. The molecule has 0 amide bonds. The third-order valence-corrected chi connectivity index (χ3v) is 2.31. The summed E-state index contributed by atoms with van der Waals surface area (Å²) in [6.07, 6.45) is 0.966. The molecule has 0 atom stereocenters. The van der Waals surface area contributed by atoms with E-state index in [2.05, 4.69) is 24.3 Å². The first kappa shape index (κ1) is 9.52. The van der Waals surface area contributed by atoms with Crippen LogP contribution < -0.4 is 10.1 Å². The van der Waals surface area contributed by atoms with Gasteiger partial charge in [-0.3, -0.25) is 0 Å². The summed E-state index contributed by atoms with van der Waals surface area (Å²) in [7, 11) is 0. The Morgan fingerprint density at radius 2 is 2.43 bits per heavy atom. The van der Waals surface area contributed by atoms with E-state index in [0.717, 1.165) is 30.8 Å². The summed E-state index contributed by atoms with van der Waals surface area (Å²) in [6.45, 7) is 6.98. The van der Waals surface area contributed by atoms with Crippen molar-refractivity contribution in [3.8, 4) is 5.88 Å². The monoisotopic (exact) mass is 197 g/mol. The minimum atomic E-state index is 0.523. The Morgan fingerprint density at radius 3 is 3.21 bits per heavy atom. The van der Waals surface area contributed by atoms with E-state index in [-0.39, 0.29) is 0 Å². The zero-order chi connectivity index (χ0) is 9.97. The average Bonchev–Trinajstić information content (AvgIpc) is 2.58. The van der Waals surface area contributed by atoms with Crippen molar-refractivity contribution < 1.29 is 14.6 Å². The van der Waals surface area contributed by atoms with Gasteiger partial charge < -0.3 is 14.6 Å². The van der Waals surface area contributed by atoms with Gasteiger partial charge in [-0.25, -0.2) is 0 Å². The minimum absolute atomic E-state index is 0.523. The number of nitrogens with two attached hydrogens (primary N) is 1. The number of ether oxygens (including phenoxy) is 1. The molecule has 1 aromatic rings. The van der Waals surface area contributed by atoms with Crippen LogP contribution in [0.25, 0.3) is 0 Å². The van der Waals surface area contributed by atoms with Crippen molar-refractivity contribution in [2.75, 3.05) is 13.2 Å². The molecule has 1 aliphatic rings. The van der Waals surface area contributed by atoms with Crippen LogP contribution in [0.1, 0.15) is 25.2 Å². The first-order valence-electron chi connectivity index (χ1n) is 5.19. The van der Waals surface area contributed by atoms with Crippen LogP contribution >= 0.6 is 0 Å². The molecule has 14 heavy (non-hydrogen) atoms. The standard InChI is InChI=1S/C10H16N2O2/c1-7(2)6-13-10-8-5-11-4-3-9(8)14-12-10/h7,11H,3-6H2,1-2H3/p+1. The van der Waals surface area contributed by atoms with Gasteiger partial charge in [0.2, 0.25) is 0 Å². The highest BCUT2D eigenvalue weighted by atomic mass is 16.5. The van der Waals surface area contributed by atoms with Crippen molar-refractivity contribution in [3.05, 3.63) is 11.3 Å². The van der Waals surface area contributed by atoms with Crippen LogP contribution in [0.5, 0.6) is 5.88 Å². The van der Waals surface area contributed by atoms with Crippen LogP contribution in [-0.4, -0.2) is 18.3 Å². The van der Waals surface area contributed by atoms with Gasteiger partial charge in [0.25, 0.3) is 5.88 Å². The molecule has 0 aromatic carbocycles. The highest BCUT2D eigenvalue weighted by Gasteiger charge is 2.22. The number of quaternary nitrogens is 1. The van der Waals surface area contributed by atoms with E-state index >= 15 is 0 Å². The summed E-state index contributed by atoms with van der Waals surface area (Å²) in [5.74, 6) is 2.23. The Labute approximate surface area is 83.6 Å². The van der Waals surface area contributed by atoms with Crippen LogP contribution in [-0.2, 0) is 13.0 Å². The van der Waals surface area contributed by atoms with Gasteiger partial charge in [0.1, 0.15) is 12.1 Å². The molecule has 0 radical (unpaired) electrons. The van der Waals surface area contributed by atoms with E-state index in [1.165, 1.54) is 0 Å². The summed E-state index contributed by atoms with van der Waals surface area (Å²) in [4.78, 5) is 0. The van der Waals surface area contributed by atoms with Crippen LogP contribution in [0, 0.1) is 5.92 Å². The topological polar surface area (TPSA) is 51.9 Å². The first-order chi connectivity index (χ1) is 6.77. The summed E-state index contributed by atoms with van der Waals surface area (Å²) in [6, 6.07) is 0. The van der Waals surface area contributed by atoms with Gasteiger partial charge in [-0.15, -0.1) is 0 Å². The molecule has 78 valence electrons. The van der Waals surface area contributed by atoms with Crippen molar-refractivity contribution >= 4 is 0 Å². The Bertz CT molecular complexity index is 307. The zero-order valence-electron chi connectivity index (χ0n) is 8.75. The highest BCUT2D eigenvalue weighted by molar-refractivity contribution is 5.28. The normalized spacial score (nSPS) is 15.6. The second-order valence-electron chi connectivity index (χ2n) is 4.13. The minimum Gasteiger partial charge on any atom is -0.475 e. The third kappa shape index (κ3) is 1.90. The molecule has 1 aliphatic heterocycles. The van der Waals surface area contributed by atoms with Gasteiger partial charge in [0.05, 0.1) is 19.6 Å². The van der Waals surface area contributed by atoms with E-state index in [1.54, 1.807) is 0 Å².